The minimum Gasteiger partial charge on any atom is -0.459 e. The molecule has 2 aliphatic heterocycles. The second-order valence-corrected chi connectivity index (χ2v) is 7.45. The summed E-state index contributed by atoms with van der Waals surface area (Å²) < 4.78 is 16.7. The first-order chi connectivity index (χ1) is 12.3. The van der Waals surface area contributed by atoms with Crippen LogP contribution in [0.1, 0.15) is 39.5 Å². The summed E-state index contributed by atoms with van der Waals surface area (Å²) in [6.07, 6.45) is 5.85. The molecule has 3 aliphatic rings. The van der Waals surface area contributed by atoms with Gasteiger partial charge in [-0.3, -0.25) is 4.79 Å². The van der Waals surface area contributed by atoms with Crippen molar-refractivity contribution in [2.45, 2.75) is 57.3 Å². The van der Waals surface area contributed by atoms with Crippen molar-refractivity contribution in [3.8, 4) is 0 Å². The highest BCUT2D eigenvalue weighted by Gasteiger charge is 2.59. The third kappa shape index (κ3) is 3.80. The van der Waals surface area contributed by atoms with Gasteiger partial charge < -0.3 is 14.2 Å². The number of carbonyl (C=O) groups excluding carboxylic acids is 3. The molecule has 26 heavy (non-hydrogen) atoms. The maximum Gasteiger partial charge on any atom is 0.334 e. The molecule has 0 bridgehead atoms. The molecule has 2 fully saturated rings. The molecule has 0 saturated carbocycles. The highest BCUT2D eigenvalue weighted by molar-refractivity contribution is 5.91. The molecule has 0 N–H and O–H groups in total. The lowest BCUT2D eigenvalue weighted by Gasteiger charge is -2.20. The molecule has 0 aromatic carbocycles. The summed E-state index contributed by atoms with van der Waals surface area (Å²) in [4.78, 5) is 35.0. The van der Waals surface area contributed by atoms with Gasteiger partial charge in [-0.2, -0.15) is 0 Å². The molecule has 2 saturated heterocycles. The number of allylic oxidation sites excluding steroid dienone is 2. The van der Waals surface area contributed by atoms with Crippen molar-refractivity contribution < 1.29 is 28.6 Å². The van der Waals surface area contributed by atoms with Gasteiger partial charge in [0.1, 0.15) is 24.6 Å². The van der Waals surface area contributed by atoms with E-state index < -0.39 is 17.5 Å². The molecule has 3 rings (SSSR count). The Labute approximate surface area is 152 Å². The van der Waals surface area contributed by atoms with E-state index in [1.54, 1.807) is 0 Å². The summed E-state index contributed by atoms with van der Waals surface area (Å²) >= 11 is 0. The standard InChI is InChI=1S/C20H24O6/c1-12(2)7-18(22)24-11-20-6-4-5-14(10-21)8-16-15(9-17(20)26-20)13(3)19(23)25-16/h5,7,10,15-17H,3-4,6,8-9,11H2,1-2H3/b14-5+/t15-,16+,17-,20-/m1/s1. The zero-order valence-corrected chi connectivity index (χ0v) is 15.2. The van der Waals surface area contributed by atoms with Gasteiger partial charge in [-0.05, 0) is 38.7 Å². The molecule has 0 aromatic rings. The number of esters is 2. The van der Waals surface area contributed by atoms with E-state index in [4.69, 9.17) is 14.2 Å². The SMILES string of the molecule is C=C1C(=O)O[C@H]2C/C(C=O)=C\CC[C@]3(COC(=O)C=C(C)C)O[C@@H]3C[C@H]12. The van der Waals surface area contributed by atoms with Crippen LogP contribution < -0.4 is 0 Å². The summed E-state index contributed by atoms with van der Waals surface area (Å²) in [6, 6.07) is 0. The lowest BCUT2D eigenvalue weighted by atomic mass is 9.84. The maximum atomic E-state index is 11.9. The number of ether oxygens (including phenoxy) is 3. The second-order valence-electron chi connectivity index (χ2n) is 7.45. The van der Waals surface area contributed by atoms with Gasteiger partial charge in [0.25, 0.3) is 0 Å². The Hall–Kier alpha value is -2.21. The van der Waals surface area contributed by atoms with E-state index >= 15 is 0 Å². The van der Waals surface area contributed by atoms with E-state index in [-0.39, 0.29) is 24.7 Å². The van der Waals surface area contributed by atoms with Crippen LogP contribution in [0.3, 0.4) is 0 Å². The molecule has 1 aliphatic carbocycles. The predicted octanol–water partition coefficient (Wildman–Crippen LogP) is 2.43. The van der Waals surface area contributed by atoms with Gasteiger partial charge in [-0.25, -0.2) is 9.59 Å². The van der Waals surface area contributed by atoms with Gasteiger partial charge >= 0.3 is 11.9 Å². The topological polar surface area (TPSA) is 82.2 Å². The van der Waals surface area contributed by atoms with Gasteiger partial charge in [0.15, 0.2) is 0 Å². The molecule has 6 heteroatoms. The zero-order valence-electron chi connectivity index (χ0n) is 15.2. The lowest BCUT2D eigenvalue weighted by molar-refractivity contribution is -0.140. The van der Waals surface area contributed by atoms with Crippen LogP contribution in [-0.4, -0.2) is 42.6 Å². The smallest absolute Gasteiger partial charge is 0.334 e. The largest absolute Gasteiger partial charge is 0.459 e. The zero-order chi connectivity index (χ0) is 18.9. The van der Waals surface area contributed by atoms with Crippen molar-refractivity contribution >= 4 is 18.2 Å². The molecular weight excluding hydrogens is 336 g/mol. The number of rotatable bonds is 4. The van der Waals surface area contributed by atoms with Crippen LogP contribution >= 0.6 is 0 Å². The van der Waals surface area contributed by atoms with Gasteiger partial charge in [0.2, 0.25) is 0 Å². The third-order valence-electron chi connectivity index (χ3n) is 5.22. The van der Waals surface area contributed by atoms with Crippen LogP contribution in [0.5, 0.6) is 0 Å². The number of hydrogen-bond acceptors (Lipinski definition) is 6. The molecule has 2 heterocycles. The summed E-state index contributed by atoms with van der Waals surface area (Å²) in [6.45, 7) is 7.66. The molecule has 6 nitrogen and oxygen atoms in total. The molecule has 140 valence electrons. The van der Waals surface area contributed by atoms with Crippen LogP contribution in [-0.2, 0) is 28.6 Å². The number of carbonyl (C=O) groups is 3. The summed E-state index contributed by atoms with van der Waals surface area (Å²) in [5.74, 6) is -0.994. The first kappa shape index (κ1) is 18.6. The summed E-state index contributed by atoms with van der Waals surface area (Å²) in [5.41, 5.74) is 1.33. The van der Waals surface area contributed by atoms with Gasteiger partial charge in [0.05, 0.1) is 6.10 Å². The van der Waals surface area contributed by atoms with E-state index in [2.05, 4.69) is 6.58 Å². The molecule has 0 radical (unpaired) electrons. The summed E-state index contributed by atoms with van der Waals surface area (Å²) in [5, 5.41) is 0. The Bertz CT molecular complexity index is 699. The Kier molecular flexibility index (Phi) is 5.14. The Morgan fingerprint density at radius 1 is 1.46 bits per heavy atom. The lowest BCUT2D eigenvalue weighted by Crippen LogP contribution is -2.28. The van der Waals surface area contributed by atoms with E-state index in [1.165, 1.54) is 6.08 Å². The minimum atomic E-state index is -0.566. The van der Waals surface area contributed by atoms with Crippen LogP contribution in [0.15, 0.2) is 35.5 Å². The monoisotopic (exact) mass is 360 g/mol. The van der Waals surface area contributed by atoms with Gasteiger partial charge in [-0.15, -0.1) is 0 Å². The third-order valence-corrected chi connectivity index (χ3v) is 5.22. The van der Waals surface area contributed by atoms with Crippen LogP contribution in [0.4, 0.5) is 0 Å². The van der Waals surface area contributed by atoms with Crippen LogP contribution in [0.2, 0.25) is 0 Å². The van der Waals surface area contributed by atoms with Crippen molar-refractivity contribution in [1.82, 2.24) is 0 Å². The molecule has 4 atom stereocenters. The number of fused-ring (bicyclic) bond motifs is 2. The molecule has 0 spiro atoms. The van der Waals surface area contributed by atoms with Crippen molar-refractivity contribution in [3.05, 3.63) is 35.5 Å². The number of aldehydes is 1. The van der Waals surface area contributed by atoms with E-state index in [1.807, 2.05) is 19.9 Å². The van der Waals surface area contributed by atoms with E-state index in [0.29, 0.717) is 36.8 Å². The Morgan fingerprint density at radius 2 is 2.23 bits per heavy atom. The Morgan fingerprint density at radius 3 is 2.92 bits per heavy atom. The molecule has 0 amide bonds. The van der Waals surface area contributed by atoms with E-state index in [9.17, 15) is 14.4 Å². The minimum absolute atomic E-state index is 0.119. The van der Waals surface area contributed by atoms with Crippen LogP contribution in [0, 0.1) is 5.92 Å². The van der Waals surface area contributed by atoms with Gasteiger partial charge in [-0.1, -0.05) is 18.2 Å². The van der Waals surface area contributed by atoms with Crippen molar-refractivity contribution in [2.24, 2.45) is 5.92 Å². The first-order valence-electron chi connectivity index (χ1n) is 8.88. The molecule has 0 unspecified atom stereocenters. The molecule has 0 aromatic heterocycles. The fourth-order valence-corrected chi connectivity index (χ4v) is 3.70. The van der Waals surface area contributed by atoms with Crippen LogP contribution in [0.25, 0.3) is 0 Å². The van der Waals surface area contributed by atoms with E-state index in [0.717, 1.165) is 11.9 Å². The number of hydrogen-bond donors (Lipinski definition) is 0. The van der Waals surface area contributed by atoms with Gasteiger partial charge in [0, 0.05) is 24.0 Å². The van der Waals surface area contributed by atoms with Crippen molar-refractivity contribution in [1.29, 1.82) is 0 Å². The normalized spacial score (nSPS) is 35.2. The second kappa shape index (κ2) is 7.19. The Balaban J connectivity index is 1.75. The highest BCUT2D eigenvalue weighted by atomic mass is 16.6. The predicted molar refractivity (Wildman–Crippen MR) is 93.1 cm³/mol. The quantitative estimate of drug-likeness (QED) is 0.331. The highest BCUT2D eigenvalue weighted by Crippen LogP contribution is 2.48. The fourth-order valence-electron chi connectivity index (χ4n) is 3.70. The summed E-state index contributed by atoms with van der Waals surface area (Å²) in [7, 11) is 0. The average molecular weight is 360 g/mol. The number of epoxide rings is 1. The maximum absolute atomic E-state index is 11.9. The molecular formula is C20H24O6. The average Bonchev–Trinajstić information content (AvgIpc) is 3.20. The van der Waals surface area contributed by atoms with Crippen molar-refractivity contribution in [3.63, 3.8) is 0 Å². The fraction of sp³-hybridized carbons (Fsp3) is 0.550. The first-order valence-corrected chi connectivity index (χ1v) is 8.88. The van der Waals surface area contributed by atoms with Crippen molar-refractivity contribution in [2.75, 3.05) is 6.61 Å².